The number of fused-ring (bicyclic) bond motifs is 1. The predicted octanol–water partition coefficient (Wildman–Crippen LogP) is 7.39. The van der Waals surface area contributed by atoms with Crippen molar-refractivity contribution in [2.75, 3.05) is 24.9 Å². The molecule has 1 atom stereocenters. The van der Waals surface area contributed by atoms with Crippen LogP contribution < -0.4 is 25.4 Å². The molecule has 0 fully saturated rings. The van der Waals surface area contributed by atoms with Crippen LogP contribution in [0.25, 0.3) is 16.8 Å². The maximum Gasteiger partial charge on any atom is 0.272 e. The van der Waals surface area contributed by atoms with Gasteiger partial charge in [-0.05, 0) is 83.9 Å². The Bertz CT molecular complexity index is 1910. The first kappa shape index (κ1) is 31.9. The smallest absolute Gasteiger partial charge is 0.272 e. The lowest BCUT2D eigenvalue weighted by Gasteiger charge is -2.15. The molecular formula is C37H33N3O5S. The van der Waals surface area contributed by atoms with E-state index in [0.717, 1.165) is 21.4 Å². The molecule has 3 N–H and O–H groups in total. The van der Waals surface area contributed by atoms with Crippen molar-refractivity contribution in [3.05, 3.63) is 132 Å². The Hall–Kier alpha value is -5.54. The second-order valence-electron chi connectivity index (χ2n) is 10.3. The van der Waals surface area contributed by atoms with Crippen LogP contribution >= 0.6 is 11.8 Å². The van der Waals surface area contributed by atoms with Crippen molar-refractivity contribution >= 4 is 57.7 Å². The van der Waals surface area contributed by atoms with Crippen LogP contribution in [0.3, 0.4) is 0 Å². The third-order valence-electron chi connectivity index (χ3n) is 7.04. The predicted molar refractivity (Wildman–Crippen MR) is 184 cm³/mol. The zero-order chi connectivity index (χ0) is 32.5. The Kier molecular flexibility index (Phi) is 10.4. The van der Waals surface area contributed by atoms with Gasteiger partial charge in [-0.1, -0.05) is 60.7 Å². The normalized spacial score (nSPS) is 11.8. The van der Waals surface area contributed by atoms with Crippen LogP contribution in [0, 0.1) is 0 Å². The summed E-state index contributed by atoms with van der Waals surface area (Å²) < 4.78 is 10.7. The molecule has 3 amide bonds. The average molecular weight is 632 g/mol. The Morgan fingerprint density at radius 3 is 2.17 bits per heavy atom. The highest BCUT2D eigenvalue weighted by Crippen LogP contribution is 2.29. The number of rotatable bonds is 11. The molecular weight excluding hydrogens is 598 g/mol. The Balaban J connectivity index is 1.31. The molecule has 0 aliphatic rings. The van der Waals surface area contributed by atoms with Gasteiger partial charge in [0.15, 0.2) is 11.5 Å². The zero-order valence-electron chi connectivity index (χ0n) is 25.6. The zero-order valence-corrected chi connectivity index (χ0v) is 26.4. The first-order chi connectivity index (χ1) is 22.3. The minimum absolute atomic E-state index is 0.0299. The molecule has 0 aromatic heterocycles. The highest BCUT2D eigenvalue weighted by molar-refractivity contribution is 8.00. The lowest BCUT2D eigenvalue weighted by molar-refractivity contribution is -0.115. The number of methoxy groups -OCH3 is 2. The van der Waals surface area contributed by atoms with Crippen molar-refractivity contribution < 1.29 is 23.9 Å². The third-order valence-corrected chi connectivity index (χ3v) is 8.13. The number of carbonyl (C=O) groups is 3. The highest BCUT2D eigenvalue weighted by Gasteiger charge is 2.18. The largest absolute Gasteiger partial charge is 0.493 e. The first-order valence-corrected chi connectivity index (χ1v) is 15.4. The van der Waals surface area contributed by atoms with Gasteiger partial charge in [-0.2, -0.15) is 0 Å². The lowest BCUT2D eigenvalue weighted by Crippen LogP contribution is -2.30. The molecule has 0 heterocycles. The molecule has 8 nitrogen and oxygen atoms in total. The molecule has 232 valence electrons. The Morgan fingerprint density at radius 1 is 0.696 bits per heavy atom. The van der Waals surface area contributed by atoms with Crippen molar-refractivity contribution in [2.45, 2.75) is 17.1 Å². The number of anilines is 2. The van der Waals surface area contributed by atoms with Gasteiger partial charge in [0, 0.05) is 21.8 Å². The maximum atomic E-state index is 13.6. The number of amides is 3. The van der Waals surface area contributed by atoms with E-state index in [0.29, 0.717) is 28.3 Å². The van der Waals surface area contributed by atoms with Gasteiger partial charge in [0.25, 0.3) is 11.8 Å². The molecule has 0 aliphatic carbocycles. The second kappa shape index (κ2) is 15.0. The first-order valence-electron chi connectivity index (χ1n) is 14.5. The fourth-order valence-corrected chi connectivity index (χ4v) is 5.59. The van der Waals surface area contributed by atoms with Crippen molar-refractivity contribution in [1.82, 2.24) is 5.32 Å². The van der Waals surface area contributed by atoms with Crippen LogP contribution in [0.4, 0.5) is 11.4 Å². The second-order valence-corrected chi connectivity index (χ2v) is 11.7. The quantitative estimate of drug-likeness (QED) is 0.104. The van der Waals surface area contributed by atoms with Crippen LogP contribution in [0.2, 0.25) is 0 Å². The van der Waals surface area contributed by atoms with Crippen molar-refractivity contribution in [2.24, 2.45) is 0 Å². The molecule has 5 aromatic carbocycles. The van der Waals surface area contributed by atoms with E-state index < -0.39 is 17.1 Å². The van der Waals surface area contributed by atoms with E-state index in [9.17, 15) is 14.4 Å². The van der Waals surface area contributed by atoms with Gasteiger partial charge in [-0.25, -0.2) is 0 Å². The number of thioether (sulfide) groups is 1. The molecule has 0 saturated carbocycles. The van der Waals surface area contributed by atoms with Crippen LogP contribution in [0.1, 0.15) is 22.8 Å². The van der Waals surface area contributed by atoms with Gasteiger partial charge >= 0.3 is 0 Å². The van der Waals surface area contributed by atoms with Gasteiger partial charge < -0.3 is 25.4 Å². The minimum atomic E-state index is -0.525. The topological polar surface area (TPSA) is 106 Å². The van der Waals surface area contributed by atoms with Crippen LogP contribution in [-0.2, 0) is 9.59 Å². The number of hydrogen-bond acceptors (Lipinski definition) is 6. The summed E-state index contributed by atoms with van der Waals surface area (Å²) in [6.45, 7) is 1.83. The van der Waals surface area contributed by atoms with Gasteiger partial charge in [-0.15, -0.1) is 11.8 Å². The number of benzene rings is 5. The summed E-state index contributed by atoms with van der Waals surface area (Å²) in [5.74, 6) is -0.0813. The molecule has 0 spiro atoms. The summed E-state index contributed by atoms with van der Waals surface area (Å²) >= 11 is 1.37. The van der Waals surface area contributed by atoms with Crippen molar-refractivity contribution in [1.29, 1.82) is 0 Å². The lowest BCUT2D eigenvalue weighted by atomic mass is 10.1. The summed E-state index contributed by atoms with van der Waals surface area (Å²) in [5, 5.41) is 10.3. The van der Waals surface area contributed by atoms with E-state index in [1.54, 1.807) is 66.7 Å². The van der Waals surface area contributed by atoms with E-state index in [1.165, 1.54) is 26.0 Å². The molecule has 0 radical (unpaired) electrons. The molecule has 0 saturated heterocycles. The molecule has 1 unspecified atom stereocenters. The van der Waals surface area contributed by atoms with E-state index >= 15 is 0 Å². The average Bonchev–Trinajstić information content (AvgIpc) is 3.08. The molecule has 0 bridgehead atoms. The van der Waals surface area contributed by atoms with E-state index in [4.69, 9.17) is 9.47 Å². The molecule has 9 heteroatoms. The van der Waals surface area contributed by atoms with Crippen molar-refractivity contribution in [3.8, 4) is 11.5 Å². The van der Waals surface area contributed by atoms with Gasteiger partial charge in [-0.3, -0.25) is 14.4 Å². The minimum Gasteiger partial charge on any atom is -0.493 e. The summed E-state index contributed by atoms with van der Waals surface area (Å²) in [4.78, 5) is 40.4. The number of nitrogens with one attached hydrogen (secondary N) is 3. The fourth-order valence-electron chi connectivity index (χ4n) is 4.67. The standard InChI is InChI=1S/C37H33N3O5S/c1-24(35(41)38-30-18-17-26-10-7-8-13-28(26)22-30)46-31-15-9-14-29(23-31)39-37(43)32(40-36(42)27-11-5-4-6-12-27)20-25-16-19-33(44-2)34(21-25)45-3/h4-24H,1-3H3,(H,38,41)(H,39,43)(H,40,42)/b32-20+. The Labute approximate surface area is 271 Å². The summed E-state index contributed by atoms with van der Waals surface area (Å²) in [6, 6.07) is 34.8. The number of hydrogen-bond donors (Lipinski definition) is 3. The van der Waals surface area contributed by atoms with Gasteiger partial charge in [0.2, 0.25) is 5.91 Å². The summed E-state index contributed by atoms with van der Waals surface area (Å²) in [6.07, 6.45) is 1.57. The molecule has 46 heavy (non-hydrogen) atoms. The van der Waals surface area contributed by atoms with Crippen molar-refractivity contribution in [3.63, 3.8) is 0 Å². The molecule has 5 rings (SSSR count). The molecule has 0 aliphatic heterocycles. The molecule has 5 aromatic rings. The van der Waals surface area contributed by atoms with E-state index in [2.05, 4.69) is 16.0 Å². The van der Waals surface area contributed by atoms with Gasteiger partial charge in [0.05, 0.1) is 19.5 Å². The Morgan fingerprint density at radius 2 is 1.41 bits per heavy atom. The van der Waals surface area contributed by atoms with Crippen LogP contribution in [0.5, 0.6) is 11.5 Å². The van der Waals surface area contributed by atoms with Gasteiger partial charge in [0.1, 0.15) is 5.70 Å². The monoisotopic (exact) mass is 631 g/mol. The summed E-state index contributed by atoms with van der Waals surface area (Å²) in [7, 11) is 3.06. The van der Waals surface area contributed by atoms with Crippen LogP contribution in [0.15, 0.2) is 126 Å². The van der Waals surface area contributed by atoms with E-state index in [-0.39, 0.29) is 11.6 Å². The summed E-state index contributed by atoms with van der Waals surface area (Å²) in [5.41, 5.74) is 2.28. The third kappa shape index (κ3) is 8.13. The van der Waals surface area contributed by atoms with Crippen LogP contribution in [-0.4, -0.2) is 37.2 Å². The number of carbonyl (C=O) groups excluding carboxylic acids is 3. The SMILES string of the molecule is COc1ccc(/C=C(/NC(=O)c2ccccc2)C(=O)Nc2cccc(SC(C)C(=O)Nc3ccc4ccccc4c3)c2)cc1OC. The number of ether oxygens (including phenoxy) is 2. The fraction of sp³-hybridized carbons (Fsp3) is 0.108. The van der Waals surface area contributed by atoms with E-state index in [1.807, 2.05) is 61.5 Å². The highest BCUT2D eigenvalue weighted by atomic mass is 32.2. The maximum absolute atomic E-state index is 13.6.